The third-order valence-corrected chi connectivity index (χ3v) is 3.75. The molecule has 0 radical (unpaired) electrons. The van der Waals surface area contributed by atoms with E-state index in [1.54, 1.807) is 4.90 Å². The van der Waals surface area contributed by atoms with E-state index in [1.807, 2.05) is 13.8 Å². The molecule has 1 saturated heterocycles. The molecular weight excluding hydrogens is 248 g/mol. The molecule has 2 amide bonds. The first-order chi connectivity index (χ1) is 9.06. The summed E-state index contributed by atoms with van der Waals surface area (Å²) in [5, 5.41) is 18.3. The molecule has 0 aromatic carbocycles. The summed E-state index contributed by atoms with van der Waals surface area (Å²) in [6.07, 6.45) is 2.83. The van der Waals surface area contributed by atoms with E-state index < -0.39 is 12.0 Å². The van der Waals surface area contributed by atoms with Gasteiger partial charge in [-0.3, -0.25) is 0 Å². The van der Waals surface area contributed by atoms with Crippen LogP contribution in [0.1, 0.15) is 39.5 Å². The molecule has 2 N–H and O–H groups in total. The molecule has 0 spiro atoms. The van der Waals surface area contributed by atoms with Gasteiger partial charge in [0.2, 0.25) is 0 Å². The Labute approximate surface area is 114 Å². The van der Waals surface area contributed by atoms with Crippen molar-refractivity contribution in [2.24, 2.45) is 0 Å². The van der Waals surface area contributed by atoms with Crippen LogP contribution < -0.4 is 0 Å². The average molecular weight is 272 g/mol. The topological polar surface area (TPSA) is 81.1 Å². The number of aliphatic hydroxyl groups excluding tert-OH is 1. The normalized spacial score (nSPS) is 18.9. The second-order valence-electron chi connectivity index (χ2n) is 4.86. The fourth-order valence-corrected chi connectivity index (χ4v) is 2.69. The molecule has 19 heavy (non-hydrogen) atoms. The zero-order valence-corrected chi connectivity index (χ0v) is 11.7. The van der Waals surface area contributed by atoms with Gasteiger partial charge < -0.3 is 20.0 Å². The Balaban J connectivity index is 2.83. The van der Waals surface area contributed by atoms with Gasteiger partial charge in [0, 0.05) is 19.1 Å². The molecule has 1 aliphatic rings. The first kappa shape index (κ1) is 15.8. The highest BCUT2D eigenvalue weighted by molar-refractivity contribution is 5.83. The molecule has 1 aliphatic heterocycles. The van der Waals surface area contributed by atoms with Gasteiger partial charge in [0.05, 0.1) is 6.61 Å². The standard InChI is InChI=1S/C13H24N2O4/c1-3-10(4-2)14(8-9-16)13(19)15-7-5-6-11(15)12(17)18/h10-11,16H,3-9H2,1-2H3,(H,17,18). The van der Waals surface area contributed by atoms with E-state index in [-0.39, 0.29) is 25.2 Å². The van der Waals surface area contributed by atoms with Crippen LogP contribution in [-0.2, 0) is 4.79 Å². The summed E-state index contributed by atoms with van der Waals surface area (Å²) in [5.74, 6) is -0.945. The van der Waals surface area contributed by atoms with Crippen molar-refractivity contribution in [1.82, 2.24) is 9.80 Å². The maximum Gasteiger partial charge on any atom is 0.326 e. The van der Waals surface area contributed by atoms with Crippen molar-refractivity contribution in [3.63, 3.8) is 0 Å². The highest BCUT2D eigenvalue weighted by Crippen LogP contribution is 2.21. The van der Waals surface area contributed by atoms with Gasteiger partial charge in [-0.25, -0.2) is 9.59 Å². The van der Waals surface area contributed by atoms with Gasteiger partial charge in [-0.2, -0.15) is 0 Å². The zero-order chi connectivity index (χ0) is 14.4. The molecule has 0 saturated carbocycles. The van der Waals surface area contributed by atoms with E-state index in [0.717, 1.165) is 19.3 Å². The predicted octanol–water partition coefficient (Wildman–Crippen LogP) is 1.14. The predicted molar refractivity (Wildman–Crippen MR) is 70.9 cm³/mol. The maximum absolute atomic E-state index is 12.5. The van der Waals surface area contributed by atoms with Crippen LogP contribution in [0.25, 0.3) is 0 Å². The van der Waals surface area contributed by atoms with Crippen molar-refractivity contribution in [3.8, 4) is 0 Å². The number of likely N-dealkylation sites (tertiary alicyclic amines) is 1. The summed E-state index contributed by atoms with van der Waals surface area (Å²) in [6, 6.07) is -0.926. The Morgan fingerprint density at radius 3 is 2.47 bits per heavy atom. The fraction of sp³-hybridized carbons (Fsp3) is 0.846. The molecule has 1 unspecified atom stereocenters. The first-order valence-corrected chi connectivity index (χ1v) is 6.97. The molecule has 0 aromatic heterocycles. The molecular formula is C13H24N2O4. The number of aliphatic carboxylic acids is 1. The van der Waals surface area contributed by atoms with Crippen LogP contribution in [-0.4, -0.2) is 63.8 Å². The minimum absolute atomic E-state index is 0.0506. The smallest absolute Gasteiger partial charge is 0.326 e. The van der Waals surface area contributed by atoms with Crippen LogP contribution in [0.5, 0.6) is 0 Å². The van der Waals surface area contributed by atoms with Crippen LogP contribution in [0.15, 0.2) is 0 Å². The summed E-state index contributed by atoms with van der Waals surface area (Å²) >= 11 is 0. The molecule has 6 heteroatoms. The molecule has 0 bridgehead atoms. The largest absolute Gasteiger partial charge is 0.480 e. The van der Waals surface area contributed by atoms with E-state index in [9.17, 15) is 9.59 Å². The van der Waals surface area contributed by atoms with Gasteiger partial charge in [-0.1, -0.05) is 13.8 Å². The number of carbonyl (C=O) groups excluding carboxylic acids is 1. The number of carbonyl (C=O) groups is 2. The molecule has 0 aromatic rings. The molecule has 110 valence electrons. The van der Waals surface area contributed by atoms with Crippen LogP contribution >= 0.6 is 0 Å². The third kappa shape index (κ3) is 3.59. The first-order valence-electron chi connectivity index (χ1n) is 6.97. The lowest BCUT2D eigenvalue weighted by molar-refractivity contribution is -0.141. The number of amides is 2. The van der Waals surface area contributed by atoms with Gasteiger partial charge in [-0.15, -0.1) is 0 Å². The summed E-state index contributed by atoms with van der Waals surface area (Å²) in [4.78, 5) is 26.7. The van der Waals surface area contributed by atoms with Crippen molar-refractivity contribution in [2.45, 2.75) is 51.6 Å². The van der Waals surface area contributed by atoms with Gasteiger partial charge in [0.1, 0.15) is 6.04 Å². The summed E-state index contributed by atoms with van der Waals surface area (Å²) in [6.45, 7) is 4.62. The third-order valence-electron chi connectivity index (χ3n) is 3.75. The SMILES string of the molecule is CCC(CC)N(CCO)C(=O)N1CCCC1C(=O)O. The number of carboxylic acid groups (broad SMARTS) is 1. The maximum atomic E-state index is 12.5. The minimum Gasteiger partial charge on any atom is -0.480 e. The number of carboxylic acids is 1. The number of urea groups is 1. The second-order valence-corrected chi connectivity index (χ2v) is 4.86. The number of aliphatic hydroxyl groups is 1. The summed E-state index contributed by atoms with van der Waals surface area (Å²) in [5.41, 5.74) is 0. The van der Waals surface area contributed by atoms with Crippen molar-refractivity contribution < 1.29 is 19.8 Å². The highest BCUT2D eigenvalue weighted by Gasteiger charge is 2.37. The van der Waals surface area contributed by atoms with Crippen molar-refractivity contribution in [1.29, 1.82) is 0 Å². The van der Waals surface area contributed by atoms with Crippen molar-refractivity contribution >= 4 is 12.0 Å². The molecule has 1 atom stereocenters. The van der Waals surface area contributed by atoms with E-state index in [4.69, 9.17) is 10.2 Å². The van der Waals surface area contributed by atoms with Gasteiger partial charge >= 0.3 is 12.0 Å². The van der Waals surface area contributed by atoms with Gasteiger partial charge in [0.25, 0.3) is 0 Å². The molecule has 6 nitrogen and oxygen atoms in total. The van der Waals surface area contributed by atoms with E-state index >= 15 is 0 Å². The van der Waals surface area contributed by atoms with Crippen LogP contribution in [0.2, 0.25) is 0 Å². The molecule has 1 rings (SSSR count). The molecule has 0 aliphatic carbocycles. The lowest BCUT2D eigenvalue weighted by Gasteiger charge is -2.35. The van der Waals surface area contributed by atoms with E-state index in [2.05, 4.69) is 0 Å². The second kappa shape index (κ2) is 7.33. The number of rotatable bonds is 6. The monoisotopic (exact) mass is 272 g/mol. The lowest BCUT2D eigenvalue weighted by Crippen LogP contribution is -2.52. The summed E-state index contributed by atoms with van der Waals surface area (Å²) < 4.78 is 0. The Morgan fingerprint density at radius 1 is 1.37 bits per heavy atom. The number of nitrogens with zero attached hydrogens (tertiary/aromatic N) is 2. The Morgan fingerprint density at radius 2 is 2.00 bits per heavy atom. The zero-order valence-electron chi connectivity index (χ0n) is 11.7. The minimum atomic E-state index is -0.945. The highest BCUT2D eigenvalue weighted by atomic mass is 16.4. The van der Waals surface area contributed by atoms with E-state index in [0.29, 0.717) is 13.0 Å². The van der Waals surface area contributed by atoms with Gasteiger partial charge in [-0.05, 0) is 25.7 Å². The molecule has 1 heterocycles. The Kier molecular flexibility index (Phi) is 6.08. The van der Waals surface area contributed by atoms with Gasteiger partial charge in [0.15, 0.2) is 0 Å². The summed E-state index contributed by atoms with van der Waals surface area (Å²) in [7, 11) is 0. The van der Waals surface area contributed by atoms with Crippen molar-refractivity contribution in [2.75, 3.05) is 19.7 Å². The van der Waals surface area contributed by atoms with Crippen LogP contribution in [0, 0.1) is 0 Å². The average Bonchev–Trinajstić information content (AvgIpc) is 2.87. The number of hydrogen-bond acceptors (Lipinski definition) is 3. The lowest BCUT2D eigenvalue weighted by atomic mass is 10.1. The van der Waals surface area contributed by atoms with Crippen LogP contribution in [0.4, 0.5) is 4.79 Å². The quantitative estimate of drug-likeness (QED) is 0.759. The van der Waals surface area contributed by atoms with Crippen molar-refractivity contribution in [3.05, 3.63) is 0 Å². The molecule has 1 fully saturated rings. The number of hydrogen-bond donors (Lipinski definition) is 2. The Bertz CT molecular complexity index is 318. The fourth-order valence-electron chi connectivity index (χ4n) is 2.69. The Hall–Kier alpha value is -1.30. The van der Waals surface area contributed by atoms with E-state index in [1.165, 1.54) is 4.90 Å². The van der Waals surface area contributed by atoms with Crippen LogP contribution in [0.3, 0.4) is 0 Å².